The van der Waals surface area contributed by atoms with E-state index < -0.39 is 0 Å². The van der Waals surface area contributed by atoms with Crippen molar-refractivity contribution in [3.05, 3.63) is 23.9 Å². The molecule has 3 rings (SSSR count). The van der Waals surface area contributed by atoms with Crippen molar-refractivity contribution in [2.75, 3.05) is 34.4 Å². The van der Waals surface area contributed by atoms with Crippen LogP contribution in [0.1, 0.15) is 18.4 Å². The Hall–Kier alpha value is -2.25. The summed E-state index contributed by atoms with van der Waals surface area (Å²) in [5.41, 5.74) is 2.97. The highest BCUT2D eigenvalue weighted by molar-refractivity contribution is 5.70. The number of methoxy groups -OCH3 is 3. The van der Waals surface area contributed by atoms with Gasteiger partial charge in [0.25, 0.3) is 0 Å². The molecule has 1 aliphatic rings. The van der Waals surface area contributed by atoms with Crippen molar-refractivity contribution in [1.29, 1.82) is 0 Å². The number of aromatic amines is 1. The van der Waals surface area contributed by atoms with Crippen LogP contribution in [0.25, 0.3) is 11.3 Å². The van der Waals surface area contributed by atoms with Gasteiger partial charge in [0, 0.05) is 30.8 Å². The zero-order valence-corrected chi connectivity index (χ0v) is 14.9. The maximum Gasteiger partial charge on any atom is 0.203 e. The second-order valence-electron chi connectivity index (χ2n) is 6.19. The van der Waals surface area contributed by atoms with Crippen molar-refractivity contribution in [3.63, 3.8) is 0 Å². The lowest BCUT2D eigenvalue weighted by Crippen LogP contribution is -2.35. The Labute approximate surface area is 147 Å². The first-order valence-corrected chi connectivity index (χ1v) is 8.39. The fourth-order valence-electron chi connectivity index (χ4n) is 3.22. The van der Waals surface area contributed by atoms with Crippen LogP contribution < -0.4 is 14.2 Å². The second kappa shape index (κ2) is 7.76. The number of aromatic nitrogens is 2. The molecule has 2 heterocycles. The molecule has 25 heavy (non-hydrogen) atoms. The van der Waals surface area contributed by atoms with Gasteiger partial charge in [-0.1, -0.05) is 0 Å². The molecular formula is C18H25N3O4. The van der Waals surface area contributed by atoms with E-state index in [9.17, 15) is 5.11 Å². The molecule has 2 N–H and O–H groups in total. The lowest BCUT2D eigenvalue weighted by Gasteiger charge is -2.29. The summed E-state index contributed by atoms with van der Waals surface area (Å²) in [5, 5.41) is 17.0. The van der Waals surface area contributed by atoms with Crippen LogP contribution in [0.5, 0.6) is 17.2 Å². The maximum absolute atomic E-state index is 9.67. The van der Waals surface area contributed by atoms with Crippen LogP contribution >= 0.6 is 0 Å². The molecule has 1 aromatic carbocycles. The Morgan fingerprint density at radius 2 is 1.76 bits per heavy atom. The summed E-state index contributed by atoms with van der Waals surface area (Å²) in [6, 6.07) is 3.83. The standard InChI is InChI=1S/C18H25N3O4/c1-23-15-8-12(9-16(24-2)18(15)25-3)17-13(10-19-20-17)11-21-6-4-14(22)5-7-21/h8-10,14,22H,4-7,11H2,1-3H3,(H,19,20). The van der Waals surface area contributed by atoms with E-state index in [4.69, 9.17) is 14.2 Å². The summed E-state index contributed by atoms with van der Waals surface area (Å²) >= 11 is 0. The van der Waals surface area contributed by atoms with Gasteiger partial charge in [0.05, 0.1) is 39.3 Å². The SMILES string of the molecule is COc1cc(-c2[nH]ncc2CN2CCC(O)CC2)cc(OC)c1OC. The van der Waals surface area contributed by atoms with Gasteiger partial charge in [-0.05, 0) is 25.0 Å². The topological polar surface area (TPSA) is 79.8 Å². The molecule has 2 aromatic rings. The van der Waals surface area contributed by atoms with Gasteiger partial charge in [0.2, 0.25) is 5.75 Å². The number of hydrogen-bond donors (Lipinski definition) is 2. The van der Waals surface area contributed by atoms with Crippen LogP contribution in [0.3, 0.4) is 0 Å². The van der Waals surface area contributed by atoms with Crippen molar-refractivity contribution in [1.82, 2.24) is 15.1 Å². The number of nitrogens with one attached hydrogen (secondary N) is 1. The van der Waals surface area contributed by atoms with E-state index in [0.717, 1.165) is 49.3 Å². The Balaban J connectivity index is 1.89. The average Bonchev–Trinajstić information content (AvgIpc) is 3.10. The fourth-order valence-corrected chi connectivity index (χ4v) is 3.22. The molecule has 0 spiro atoms. The molecule has 0 aliphatic carbocycles. The number of likely N-dealkylation sites (tertiary alicyclic amines) is 1. The monoisotopic (exact) mass is 347 g/mol. The Kier molecular flexibility index (Phi) is 5.45. The minimum Gasteiger partial charge on any atom is -0.493 e. The highest BCUT2D eigenvalue weighted by Crippen LogP contribution is 2.41. The van der Waals surface area contributed by atoms with Crippen LogP contribution in [0.4, 0.5) is 0 Å². The van der Waals surface area contributed by atoms with Gasteiger partial charge in [-0.2, -0.15) is 5.10 Å². The summed E-state index contributed by atoms with van der Waals surface area (Å²) < 4.78 is 16.3. The summed E-state index contributed by atoms with van der Waals surface area (Å²) in [6.45, 7) is 2.57. The van der Waals surface area contributed by atoms with Crippen molar-refractivity contribution in [2.45, 2.75) is 25.5 Å². The van der Waals surface area contributed by atoms with Crippen LogP contribution in [-0.4, -0.2) is 60.7 Å². The number of H-pyrrole nitrogens is 1. The summed E-state index contributed by atoms with van der Waals surface area (Å²) in [7, 11) is 4.80. The Morgan fingerprint density at radius 1 is 1.12 bits per heavy atom. The van der Waals surface area contributed by atoms with E-state index in [2.05, 4.69) is 15.1 Å². The molecule has 0 atom stereocenters. The van der Waals surface area contributed by atoms with E-state index in [0.29, 0.717) is 17.2 Å². The number of aliphatic hydroxyl groups excluding tert-OH is 1. The van der Waals surface area contributed by atoms with Gasteiger partial charge >= 0.3 is 0 Å². The van der Waals surface area contributed by atoms with Gasteiger partial charge in [-0.15, -0.1) is 0 Å². The summed E-state index contributed by atoms with van der Waals surface area (Å²) in [5.74, 6) is 1.79. The molecule has 1 aliphatic heterocycles. The Bertz CT molecular complexity index is 683. The zero-order chi connectivity index (χ0) is 17.8. The number of nitrogens with zero attached hydrogens (tertiary/aromatic N) is 2. The number of rotatable bonds is 6. The molecule has 136 valence electrons. The quantitative estimate of drug-likeness (QED) is 0.833. The first-order valence-electron chi connectivity index (χ1n) is 8.39. The maximum atomic E-state index is 9.67. The lowest BCUT2D eigenvalue weighted by atomic mass is 10.0. The fraction of sp³-hybridized carbons (Fsp3) is 0.500. The van der Waals surface area contributed by atoms with E-state index in [1.54, 1.807) is 21.3 Å². The molecule has 0 radical (unpaired) electrons. The molecule has 1 fully saturated rings. The predicted octanol–water partition coefficient (Wildman–Crippen LogP) is 2.06. The van der Waals surface area contributed by atoms with E-state index in [-0.39, 0.29) is 6.10 Å². The summed E-state index contributed by atoms with van der Waals surface area (Å²) in [6.07, 6.45) is 3.31. The van der Waals surface area contributed by atoms with Crippen LogP contribution in [-0.2, 0) is 6.54 Å². The normalized spacial score (nSPS) is 16.0. The first kappa shape index (κ1) is 17.6. The van der Waals surface area contributed by atoms with E-state index >= 15 is 0 Å². The number of hydrogen-bond acceptors (Lipinski definition) is 6. The third kappa shape index (κ3) is 3.72. The van der Waals surface area contributed by atoms with Gasteiger partial charge in [-0.3, -0.25) is 10.00 Å². The predicted molar refractivity (Wildman–Crippen MR) is 94.2 cm³/mol. The average molecular weight is 347 g/mol. The third-order valence-corrected chi connectivity index (χ3v) is 4.62. The first-order chi connectivity index (χ1) is 12.2. The van der Waals surface area contributed by atoms with E-state index in [1.807, 2.05) is 18.3 Å². The van der Waals surface area contributed by atoms with E-state index in [1.165, 1.54) is 0 Å². The van der Waals surface area contributed by atoms with Crippen LogP contribution in [0, 0.1) is 0 Å². The molecule has 7 nitrogen and oxygen atoms in total. The van der Waals surface area contributed by atoms with Crippen LogP contribution in [0.15, 0.2) is 18.3 Å². The number of piperidine rings is 1. The molecule has 7 heteroatoms. The number of aliphatic hydroxyl groups is 1. The van der Waals surface area contributed by atoms with Crippen molar-refractivity contribution < 1.29 is 19.3 Å². The Morgan fingerprint density at radius 3 is 2.32 bits per heavy atom. The zero-order valence-electron chi connectivity index (χ0n) is 14.9. The van der Waals surface area contributed by atoms with Crippen molar-refractivity contribution in [2.24, 2.45) is 0 Å². The molecule has 0 bridgehead atoms. The smallest absolute Gasteiger partial charge is 0.203 e. The van der Waals surface area contributed by atoms with Gasteiger partial charge in [-0.25, -0.2) is 0 Å². The molecule has 0 unspecified atom stereocenters. The summed E-state index contributed by atoms with van der Waals surface area (Å²) in [4.78, 5) is 2.33. The van der Waals surface area contributed by atoms with Crippen molar-refractivity contribution in [3.8, 4) is 28.5 Å². The van der Waals surface area contributed by atoms with Gasteiger partial charge < -0.3 is 19.3 Å². The van der Waals surface area contributed by atoms with Gasteiger partial charge in [0.15, 0.2) is 11.5 Å². The second-order valence-corrected chi connectivity index (χ2v) is 6.19. The minimum absolute atomic E-state index is 0.171. The highest BCUT2D eigenvalue weighted by atomic mass is 16.5. The minimum atomic E-state index is -0.171. The molecule has 0 amide bonds. The highest BCUT2D eigenvalue weighted by Gasteiger charge is 2.21. The molecule has 1 saturated heterocycles. The van der Waals surface area contributed by atoms with Crippen molar-refractivity contribution >= 4 is 0 Å². The number of ether oxygens (including phenoxy) is 3. The molecular weight excluding hydrogens is 322 g/mol. The number of benzene rings is 1. The van der Waals surface area contributed by atoms with Gasteiger partial charge in [0.1, 0.15) is 0 Å². The largest absolute Gasteiger partial charge is 0.493 e. The molecule has 1 aromatic heterocycles. The lowest BCUT2D eigenvalue weighted by molar-refractivity contribution is 0.0793. The van der Waals surface area contributed by atoms with Crippen LogP contribution in [0.2, 0.25) is 0 Å². The third-order valence-electron chi connectivity index (χ3n) is 4.62. The molecule has 0 saturated carbocycles.